The lowest BCUT2D eigenvalue weighted by atomic mass is 9.84. The number of rotatable bonds is 3. The average molecular weight is 721 g/mol. The molecule has 196 valence electrons. The molecule has 2 aliphatic rings. The maximum absolute atomic E-state index is 3.66. The highest BCUT2D eigenvalue weighted by Crippen LogP contribution is 2.30. The van der Waals surface area contributed by atoms with E-state index in [2.05, 4.69) is 160 Å². The fraction of sp³-hybridized carbons (Fsp3) is 0.586. The van der Waals surface area contributed by atoms with Gasteiger partial charge >= 0.3 is 0 Å². The van der Waals surface area contributed by atoms with Crippen LogP contribution in [0.1, 0.15) is 71.9 Å². The second kappa shape index (κ2) is 14.8. The van der Waals surface area contributed by atoms with Crippen LogP contribution < -0.4 is 10.6 Å². The maximum atomic E-state index is 3.66. The maximum Gasteiger partial charge on any atom is 0.0535 e. The summed E-state index contributed by atoms with van der Waals surface area (Å²) in [4.78, 5) is 2.54. The molecule has 2 fully saturated rings. The number of benzene rings is 2. The summed E-state index contributed by atoms with van der Waals surface area (Å²) in [5.41, 5.74) is 3.04. The van der Waals surface area contributed by atoms with Gasteiger partial charge in [0.05, 0.1) is 5.54 Å². The quantitative estimate of drug-likeness (QED) is 0.247. The third kappa shape index (κ3) is 10.4. The average Bonchev–Trinajstić information content (AvgIpc) is 2.80. The van der Waals surface area contributed by atoms with Crippen molar-refractivity contribution in [2.75, 3.05) is 26.2 Å². The fourth-order valence-electron chi connectivity index (χ4n) is 4.59. The highest BCUT2D eigenvalue weighted by Gasteiger charge is 2.33. The van der Waals surface area contributed by atoms with E-state index in [9.17, 15) is 0 Å². The van der Waals surface area contributed by atoms with Crippen LogP contribution >= 0.6 is 54.5 Å². The largest absolute Gasteiger partial charge is 0.308 e. The molecule has 3 nitrogen and oxygen atoms in total. The number of hydrogen-bond acceptors (Lipinski definition) is 3. The molecule has 0 aliphatic carbocycles. The van der Waals surface area contributed by atoms with Crippen LogP contribution in [0.15, 0.2) is 57.5 Å². The van der Waals surface area contributed by atoms with E-state index < -0.39 is 0 Å². The van der Waals surface area contributed by atoms with Gasteiger partial charge < -0.3 is 10.6 Å². The smallest absolute Gasteiger partial charge is 0.0535 e. The van der Waals surface area contributed by atoms with Crippen LogP contribution in [0.2, 0.25) is 0 Å². The van der Waals surface area contributed by atoms with Gasteiger partial charge in [-0.2, -0.15) is 0 Å². The molecule has 6 heteroatoms. The van der Waals surface area contributed by atoms with Crippen molar-refractivity contribution in [1.82, 2.24) is 15.5 Å². The van der Waals surface area contributed by atoms with Crippen molar-refractivity contribution in [3.63, 3.8) is 0 Å². The third-order valence-corrected chi connectivity index (χ3v) is 7.80. The second-order valence-corrected chi connectivity index (χ2v) is 14.9. The number of halogens is 3. The van der Waals surface area contributed by atoms with Crippen molar-refractivity contribution in [2.24, 2.45) is 0 Å². The van der Waals surface area contributed by atoms with E-state index in [1.54, 1.807) is 0 Å². The summed E-state index contributed by atoms with van der Waals surface area (Å²) < 4.78 is 3.10. The number of alkyl halides is 1. The summed E-state index contributed by atoms with van der Waals surface area (Å²) in [5.74, 6) is 0. The van der Waals surface area contributed by atoms with E-state index in [1.165, 1.54) is 30.4 Å². The molecule has 0 amide bonds. The molecule has 0 spiro atoms. The minimum atomic E-state index is 0.0726. The zero-order valence-electron chi connectivity index (χ0n) is 22.3. The van der Waals surface area contributed by atoms with Crippen LogP contribution in [0.3, 0.4) is 0 Å². The SMILES string of the molecule is CC(C)I.CC(C)N1CCN[C@@](C)(c2ccc(Br)cc2)C1.C[C@]1(c2ccc(Br)cc2)CCCCN1. The molecule has 2 atom stereocenters. The molecule has 2 N–H and O–H groups in total. The summed E-state index contributed by atoms with van der Waals surface area (Å²) in [7, 11) is 0. The first-order valence-electron chi connectivity index (χ1n) is 12.9. The number of piperazine rings is 1. The first-order chi connectivity index (χ1) is 16.4. The van der Waals surface area contributed by atoms with Gasteiger partial charge in [-0.15, -0.1) is 0 Å². The van der Waals surface area contributed by atoms with Gasteiger partial charge in [-0.05, 0) is 82.5 Å². The fourth-order valence-corrected chi connectivity index (χ4v) is 5.12. The minimum Gasteiger partial charge on any atom is -0.308 e. The Kier molecular flexibility index (Phi) is 13.2. The van der Waals surface area contributed by atoms with E-state index in [0.29, 0.717) is 6.04 Å². The molecule has 4 rings (SSSR count). The van der Waals surface area contributed by atoms with Gasteiger partial charge in [0.25, 0.3) is 0 Å². The van der Waals surface area contributed by atoms with E-state index in [-0.39, 0.29) is 11.1 Å². The Bertz CT molecular complexity index is 862. The summed E-state index contributed by atoms with van der Waals surface area (Å²) in [6, 6.07) is 17.9. The first-order valence-corrected chi connectivity index (χ1v) is 15.7. The highest BCUT2D eigenvalue weighted by atomic mass is 127. The minimum absolute atomic E-state index is 0.0726. The Balaban J connectivity index is 0.000000217. The van der Waals surface area contributed by atoms with Crippen molar-refractivity contribution in [2.45, 2.75) is 81.8 Å². The molecule has 2 aromatic carbocycles. The molecule has 0 bridgehead atoms. The molecule has 2 aromatic rings. The summed E-state index contributed by atoms with van der Waals surface area (Å²) in [6.45, 7) is 17.9. The van der Waals surface area contributed by atoms with E-state index >= 15 is 0 Å². The monoisotopic (exact) mass is 719 g/mol. The Morgan fingerprint density at radius 2 is 1.23 bits per heavy atom. The van der Waals surface area contributed by atoms with Crippen molar-refractivity contribution >= 4 is 54.5 Å². The zero-order chi connectivity index (χ0) is 26.1. The standard InChI is InChI=1S/C14H21BrN2.C12H16BrN.C3H7I/c1-11(2)17-9-8-16-14(3,10-17)12-4-6-13(15)7-5-12;1-12(8-2-3-9-14-12)10-4-6-11(13)7-5-10;1-3(2)4/h4-7,11,16H,8-10H2,1-3H3;4-7,14H,2-3,8-9H2,1H3;3H,1-2H3/t14-;12-;/m11./s1. The first kappa shape index (κ1) is 31.2. The molecule has 2 heterocycles. The van der Waals surface area contributed by atoms with Gasteiger partial charge in [-0.3, -0.25) is 4.90 Å². The van der Waals surface area contributed by atoms with Crippen LogP contribution in [0.5, 0.6) is 0 Å². The predicted octanol–water partition coefficient (Wildman–Crippen LogP) is 8.25. The normalized spacial score (nSPS) is 24.9. The van der Waals surface area contributed by atoms with E-state index in [1.807, 2.05) is 0 Å². The van der Waals surface area contributed by atoms with Crippen LogP contribution in [0, 0.1) is 0 Å². The van der Waals surface area contributed by atoms with Gasteiger partial charge in [0, 0.05) is 44.1 Å². The van der Waals surface area contributed by atoms with Crippen molar-refractivity contribution in [3.05, 3.63) is 68.6 Å². The summed E-state index contributed by atoms with van der Waals surface area (Å²) in [6.07, 6.45) is 3.89. The predicted molar refractivity (Wildman–Crippen MR) is 169 cm³/mol. The van der Waals surface area contributed by atoms with Gasteiger partial charge in [0.2, 0.25) is 0 Å². The Hall–Kier alpha value is 0.01000. The molecule has 0 radical (unpaired) electrons. The van der Waals surface area contributed by atoms with Gasteiger partial charge in [0.15, 0.2) is 0 Å². The lowest BCUT2D eigenvalue weighted by Crippen LogP contribution is -2.58. The molecule has 2 aliphatic heterocycles. The van der Waals surface area contributed by atoms with Crippen LogP contribution in [0.4, 0.5) is 0 Å². The highest BCUT2D eigenvalue weighted by molar-refractivity contribution is 14.1. The van der Waals surface area contributed by atoms with Gasteiger partial charge in [-0.25, -0.2) is 0 Å². The summed E-state index contributed by atoms with van der Waals surface area (Å²) in [5, 5.41) is 7.28. The number of hydrogen-bond donors (Lipinski definition) is 2. The molecule has 2 saturated heterocycles. The third-order valence-electron chi connectivity index (χ3n) is 6.75. The summed E-state index contributed by atoms with van der Waals surface area (Å²) >= 11 is 9.30. The van der Waals surface area contributed by atoms with Crippen molar-refractivity contribution in [1.29, 1.82) is 0 Å². The molecular weight excluding hydrogens is 677 g/mol. The van der Waals surface area contributed by atoms with Crippen molar-refractivity contribution in [3.8, 4) is 0 Å². The second-order valence-electron chi connectivity index (χ2n) is 10.6. The van der Waals surface area contributed by atoms with Crippen LogP contribution in [0.25, 0.3) is 0 Å². The molecule has 0 unspecified atom stereocenters. The van der Waals surface area contributed by atoms with Crippen LogP contribution in [-0.4, -0.2) is 41.0 Å². The van der Waals surface area contributed by atoms with Crippen LogP contribution in [-0.2, 0) is 11.1 Å². The Morgan fingerprint density at radius 1 is 0.771 bits per heavy atom. The Labute approximate surface area is 245 Å². The molecular formula is C29H44Br2IN3. The zero-order valence-corrected chi connectivity index (χ0v) is 27.6. The number of nitrogens with zero attached hydrogens (tertiary/aromatic N) is 1. The lowest BCUT2D eigenvalue weighted by molar-refractivity contribution is 0.114. The Morgan fingerprint density at radius 3 is 1.66 bits per heavy atom. The topological polar surface area (TPSA) is 27.3 Å². The number of piperidine rings is 1. The van der Waals surface area contributed by atoms with E-state index in [0.717, 1.165) is 39.0 Å². The number of nitrogens with one attached hydrogen (secondary N) is 2. The van der Waals surface area contributed by atoms with Crippen molar-refractivity contribution < 1.29 is 0 Å². The molecule has 0 aromatic heterocycles. The molecule has 35 heavy (non-hydrogen) atoms. The lowest BCUT2D eigenvalue weighted by Gasteiger charge is -2.43. The van der Waals surface area contributed by atoms with Gasteiger partial charge in [0.1, 0.15) is 0 Å². The van der Waals surface area contributed by atoms with E-state index in [4.69, 9.17) is 0 Å². The van der Waals surface area contributed by atoms with Gasteiger partial charge in [-0.1, -0.05) is 99.0 Å². The molecule has 0 saturated carbocycles.